The van der Waals surface area contributed by atoms with E-state index in [1.807, 2.05) is 43.0 Å². The number of hydrogen-bond acceptors (Lipinski definition) is 9. The Hall–Kier alpha value is -2.30. The molecule has 0 aliphatic carbocycles. The van der Waals surface area contributed by atoms with Gasteiger partial charge in [0.25, 0.3) is 20.2 Å². The van der Waals surface area contributed by atoms with Crippen molar-refractivity contribution >= 4 is 25.9 Å². The number of nitrogens with zero attached hydrogens (tertiary/aromatic N) is 4. The lowest BCUT2D eigenvalue weighted by Gasteiger charge is -2.23. The maximum absolute atomic E-state index is 12.4. The molecule has 1 heterocycles. The molecule has 0 unspecified atom stereocenters. The van der Waals surface area contributed by atoms with E-state index in [-0.39, 0.29) is 24.9 Å². The van der Waals surface area contributed by atoms with Crippen molar-refractivity contribution in [2.24, 2.45) is 0 Å². The fourth-order valence-electron chi connectivity index (χ4n) is 2.40. The third-order valence-electron chi connectivity index (χ3n) is 3.93. The third kappa shape index (κ3) is 13.8. The first kappa shape index (κ1) is 30.7. The summed E-state index contributed by atoms with van der Waals surface area (Å²) in [7, 11) is -7.33. The molecule has 13 nitrogen and oxygen atoms in total. The first-order valence-electron chi connectivity index (χ1n) is 9.70. The number of hydrogen-bond donors (Lipinski definition) is 4. The molecule has 33 heavy (non-hydrogen) atoms. The van der Waals surface area contributed by atoms with Gasteiger partial charge in [-0.05, 0) is 37.6 Å². The largest absolute Gasteiger partial charge is 0.395 e. The van der Waals surface area contributed by atoms with E-state index in [0.29, 0.717) is 25.6 Å². The normalized spacial score (nSPS) is 12.1. The lowest BCUT2D eigenvalue weighted by atomic mass is 10.2. The van der Waals surface area contributed by atoms with E-state index in [0.717, 1.165) is 17.8 Å². The molecule has 2 rings (SSSR count). The summed E-state index contributed by atoms with van der Waals surface area (Å²) >= 11 is 0. The number of anilines is 1. The molecule has 0 fully saturated rings. The molecule has 0 saturated heterocycles. The predicted octanol–water partition coefficient (Wildman–Crippen LogP) is -0.196. The van der Waals surface area contributed by atoms with Crippen LogP contribution >= 0.6 is 0 Å². The predicted molar refractivity (Wildman–Crippen MR) is 124 cm³/mol. The second-order valence-electron chi connectivity index (χ2n) is 6.90. The lowest BCUT2D eigenvalue weighted by Crippen LogP contribution is -2.29. The van der Waals surface area contributed by atoms with Crippen LogP contribution in [0.2, 0.25) is 0 Å². The smallest absolute Gasteiger partial charge is 0.350 e. The summed E-state index contributed by atoms with van der Waals surface area (Å²) in [5.74, 6) is 0. The van der Waals surface area contributed by atoms with Gasteiger partial charge in [-0.15, -0.1) is 0 Å². The van der Waals surface area contributed by atoms with E-state index in [9.17, 15) is 21.6 Å². The minimum atomic E-state index is -3.67. The molecule has 2 aromatic rings. The molecular weight excluding hydrogens is 480 g/mol. The first-order chi connectivity index (χ1) is 15.1. The van der Waals surface area contributed by atoms with Crippen molar-refractivity contribution in [2.45, 2.75) is 26.3 Å². The second kappa shape index (κ2) is 14.1. The highest BCUT2D eigenvalue weighted by Gasteiger charge is 2.12. The van der Waals surface area contributed by atoms with Crippen LogP contribution in [-0.2, 0) is 20.2 Å². The topological polar surface area (TPSA) is 192 Å². The summed E-state index contributed by atoms with van der Waals surface area (Å²) in [4.78, 5) is 14.3. The first-order valence-corrected chi connectivity index (χ1v) is 13.4. The van der Waals surface area contributed by atoms with Crippen molar-refractivity contribution in [3.63, 3.8) is 0 Å². The summed E-state index contributed by atoms with van der Waals surface area (Å²) in [5.41, 5.74) is 1.47. The Morgan fingerprint density at radius 3 is 1.76 bits per heavy atom. The highest BCUT2D eigenvalue weighted by Crippen LogP contribution is 2.16. The van der Waals surface area contributed by atoms with Gasteiger partial charge in [-0.25, -0.2) is 14.0 Å². The number of aliphatic hydroxyl groups excluding tert-OH is 2. The van der Waals surface area contributed by atoms with Crippen LogP contribution in [0.25, 0.3) is 5.69 Å². The zero-order valence-electron chi connectivity index (χ0n) is 18.9. The van der Waals surface area contributed by atoms with Crippen LogP contribution in [0.15, 0.2) is 35.4 Å². The van der Waals surface area contributed by atoms with Gasteiger partial charge >= 0.3 is 5.69 Å². The van der Waals surface area contributed by atoms with Crippen molar-refractivity contribution in [3.05, 3.63) is 41.1 Å². The molecule has 15 heteroatoms. The highest BCUT2D eigenvalue weighted by atomic mass is 32.2. The molecule has 1 aromatic carbocycles. The molecule has 1 atom stereocenters. The van der Waals surface area contributed by atoms with E-state index in [4.69, 9.17) is 19.3 Å². The Kier molecular flexibility index (Phi) is 13.1. The Labute approximate surface area is 193 Å². The van der Waals surface area contributed by atoms with Gasteiger partial charge in [-0.1, -0.05) is 6.92 Å². The Morgan fingerprint density at radius 1 is 0.970 bits per heavy atom. The fourth-order valence-corrected chi connectivity index (χ4v) is 2.40. The second-order valence-corrected chi connectivity index (χ2v) is 9.83. The van der Waals surface area contributed by atoms with Crippen molar-refractivity contribution < 1.29 is 36.2 Å². The van der Waals surface area contributed by atoms with Crippen molar-refractivity contribution in [3.8, 4) is 5.69 Å². The monoisotopic (exact) mass is 512 g/mol. The van der Waals surface area contributed by atoms with E-state index in [2.05, 4.69) is 5.10 Å². The molecule has 0 radical (unpaired) electrons. The van der Waals surface area contributed by atoms with Gasteiger partial charge in [0.15, 0.2) is 0 Å². The summed E-state index contributed by atoms with van der Waals surface area (Å²) in [5, 5.41) is 22.4. The zero-order valence-corrected chi connectivity index (χ0v) is 20.6. The van der Waals surface area contributed by atoms with E-state index in [1.165, 1.54) is 15.6 Å². The average molecular weight is 513 g/mol. The van der Waals surface area contributed by atoms with Gasteiger partial charge in [0, 0.05) is 18.8 Å². The number of aliphatic hydroxyl groups is 2. The minimum Gasteiger partial charge on any atom is -0.395 e. The maximum Gasteiger partial charge on any atom is 0.350 e. The highest BCUT2D eigenvalue weighted by molar-refractivity contribution is 7.85. The van der Waals surface area contributed by atoms with Gasteiger partial charge in [0.2, 0.25) is 0 Å². The third-order valence-corrected chi connectivity index (χ3v) is 3.93. The van der Waals surface area contributed by atoms with Gasteiger partial charge in [0.1, 0.15) is 6.33 Å². The lowest BCUT2D eigenvalue weighted by molar-refractivity contribution is 0.281. The van der Waals surface area contributed by atoms with Gasteiger partial charge in [-0.2, -0.15) is 21.9 Å². The molecule has 0 aliphatic heterocycles. The zero-order chi connectivity index (χ0) is 25.8. The molecule has 0 bridgehead atoms. The molecular formula is C18H32N4O9S2. The van der Waals surface area contributed by atoms with Crippen LogP contribution < -0.4 is 10.6 Å². The van der Waals surface area contributed by atoms with Crippen molar-refractivity contribution in [1.82, 2.24) is 14.3 Å². The van der Waals surface area contributed by atoms with Crippen molar-refractivity contribution in [2.75, 3.05) is 43.7 Å². The van der Waals surface area contributed by atoms with Crippen LogP contribution in [0, 0.1) is 0 Å². The molecule has 0 aliphatic rings. The molecule has 0 saturated carbocycles. The Morgan fingerprint density at radius 2 is 1.39 bits per heavy atom. The molecule has 190 valence electrons. The minimum absolute atomic E-state index is 0.0168. The van der Waals surface area contributed by atoms with E-state index < -0.39 is 20.2 Å². The molecule has 1 aromatic heterocycles. The summed E-state index contributed by atoms with van der Waals surface area (Å²) in [6.07, 6.45) is 3.80. The van der Waals surface area contributed by atoms with Crippen LogP contribution in [0.4, 0.5) is 5.69 Å². The number of benzene rings is 1. The maximum atomic E-state index is 12.4. The van der Waals surface area contributed by atoms with Crippen LogP contribution in [-0.4, -0.2) is 89.3 Å². The van der Waals surface area contributed by atoms with E-state index in [1.54, 1.807) is 0 Å². The quantitative estimate of drug-likeness (QED) is 0.342. The molecule has 0 amide bonds. The SMILES string of the molecule is CC[C@@H](C)n1ncn(-c2ccc(N(CCO)CCO)cc2)c1=O.CS(=O)(=O)O.CS(=O)(=O)O. The Balaban J connectivity index is 0.000000859. The van der Waals surface area contributed by atoms with Crippen LogP contribution in [0.1, 0.15) is 26.3 Å². The van der Waals surface area contributed by atoms with Crippen LogP contribution in [0.3, 0.4) is 0 Å². The average Bonchev–Trinajstić information content (AvgIpc) is 3.06. The summed E-state index contributed by atoms with van der Waals surface area (Å²) in [6.45, 7) is 4.91. The van der Waals surface area contributed by atoms with Gasteiger partial charge in [-0.3, -0.25) is 9.11 Å². The fraction of sp³-hybridized carbons (Fsp3) is 0.556. The number of rotatable bonds is 8. The Bertz CT molecular complexity index is 1040. The standard InChI is InChI=1S/C16H24N4O3.2CH4O3S/c1-3-13(2)20-16(23)19(12-17-20)15-6-4-14(5-7-15)18(8-10-21)9-11-22;2*1-5(2,3)4/h4-7,12-13,21-22H,3,8-11H2,1-2H3;2*1H3,(H,2,3,4)/t13-;;/m1../s1. The molecule has 0 spiro atoms. The summed E-state index contributed by atoms with van der Waals surface area (Å²) in [6, 6.07) is 7.47. The summed E-state index contributed by atoms with van der Waals surface area (Å²) < 4.78 is 54.7. The van der Waals surface area contributed by atoms with E-state index >= 15 is 0 Å². The number of aromatic nitrogens is 3. The van der Waals surface area contributed by atoms with Gasteiger partial charge in [0.05, 0.1) is 37.5 Å². The molecule has 4 N–H and O–H groups in total. The van der Waals surface area contributed by atoms with Crippen molar-refractivity contribution in [1.29, 1.82) is 0 Å². The van der Waals surface area contributed by atoms with Gasteiger partial charge < -0.3 is 15.1 Å². The van der Waals surface area contributed by atoms with Crippen LogP contribution in [0.5, 0.6) is 0 Å².